The van der Waals surface area contributed by atoms with Gasteiger partial charge < -0.3 is 24.6 Å². The molecule has 1 fully saturated rings. The summed E-state index contributed by atoms with van der Waals surface area (Å²) in [6, 6.07) is 5.24. The van der Waals surface area contributed by atoms with Crippen molar-refractivity contribution in [2.24, 2.45) is 11.8 Å². The molecule has 0 saturated heterocycles. The second kappa shape index (κ2) is 5.81. The van der Waals surface area contributed by atoms with Crippen molar-refractivity contribution in [2.75, 3.05) is 19.9 Å². The summed E-state index contributed by atoms with van der Waals surface area (Å²) < 4.78 is 15.9. The topological polar surface area (TPSA) is 77.0 Å². The number of hydrogen-bond acceptors (Lipinski definition) is 5. The van der Waals surface area contributed by atoms with Gasteiger partial charge in [-0.2, -0.15) is 0 Å². The summed E-state index contributed by atoms with van der Waals surface area (Å²) in [7, 11) is 0. The van der Waals surface area contributed by atoms with Crippen LogP contribution in [0.4, 0.5) is 0 Å². The van der Waals surface area contributed by atoms with E-state index in [9.17, 15) is 9.90 Å². The number of rotatable bonds is 6. The molecule has 1 saturated carbocycles. The minimum atomic E-state index is -0.742. The second-order valence-electron chi connectivity index (χ2n) is 5.54. The van der Waals surface area contributed by atoms with Gasteiger partial charge in [0.15, 0.2) is 11.5 Å². The zero-order valence-electron chi connectivity index (χ0n) is 11.9. The highest BCUT2D eigenvalue weighted by molar-refractivity contribution is 5.81. The van der Waals surface area contributed by atoms with Gasteiger partial charge in [0.1, 0.15) is 18.5 Å². The summed E-state index contributed by atoms with van der Waals surface area (Å²) >= 11 is 0. The number of carbonyl (C=O) groups is 1. The van der Waals surface area contributed by atoms with Gasteiger partial charge in [0.25, 0.3) is 0 Å². The SMILES string of the molecule is CC1CC1C(=O)NCC(O)COc1ccc2c(c1)OCO2. The molecular formula is C15H19NO5. The van der Waals surface area contributed by atoms with Gasteiger partial charge in [-0.1, -0.05) is 6.92 Å². The highest BCUT2D eigenvalue weighted by atomic mass is 16.7. The monoisotopic (exact) mass is 293 g/mol. The molecule has 0 bridgehead atoms. The smallest absolute Gasteiger partial charge is 0.231 e. The highest BCUT2D eigenvalue weighted by Gasteiger charge is 2.38. The van der Waals surface area contributed by atoms with Crippen LogP contribution in [0, 0.1) is 11.8 Å². The van der Waals surface area contributed by atoms with Crippen LogP contribution in [0.25, 0.3) is 0 Å². The van der Waals surface area contributed by atoms with Crippen molar-refractivity contribution in [2.45, 2.75) is 19.4 Å². The molecule has 1 amide bonds. The summed E-state index contributed by atoms with van der Waals surface area (Å²) in [6.07, 6.45) is 0.198. The van der Waals surface area contributed by atoms with Crippen LogP contribution < -0.4 is 19.5 Å². The lowest BCUT2D eigenvalue weighted by Crippen LogP contribution is -2.36. The number of benzene rings is 1. The standard InChI is InChI=1S/C15H19NO5/c1-9-4-12(9)15(18)16-6-10(17)7-19-11-2-3-13-14(5-11)21-8-20-13/h2-3,5,9-10,12,17H,4,6-8H2,1H3,(H,16,18). The molecule has 21 heavy (non-hydrogen) atoms. The molecule has 114 valence electrons. The fourth-order valence-electron chi connectivity index (χ4n) is 2.25. The van der Waals surface area contributed by atoms with Gasteiger partial charge in [-0.3, -0.25) is 4.79 Å². The van der Waals surface area contributed by atoms with Crippen LogP contribution in [0.1, 0.15) is 13.3 Å². The number of nitrogens with one attached hydrogen (secondary N) is 1. The van der Waals surface area contributed by atoms with Crippen LogP contribution in [-0.4, -0.2) is 37.1 Å². The third-order valence-electron chi connectivity index (χ3n) is 3.74. The van der Waals surface area contributed by atoms with E-state index in [1.54, 1.807) is 18.2 Å². The largest absolute Gasteiger partial charge is 0.491 e. The number of amides is 1. The summed E-state index contributed by atoms with van der Waals surface area (Å²) in [4.78, 5) is 11.6. The molecule has 2 aliphatic rings. The maximum atomic E-state index is 11.6. The average molecular weight is 293 g/mol. The molecule has 2 N–H and O–H groups in total. The number of aliphatic hydroxyl groups excluding tert-OH is 1. The first-order valence-corrected chi connectivity index (χ1v) is 7.11. The van der Waals surface area contributed by atoms with Crippen LogP contribution in [0.15, 0.2) is 18.2 Å². The Morgan fingerprint density at radius 3 is 3.00 bits per heavy atom. The van der Waals surface area contributed by atoms with E-state index < -0.39 is 6.10 Å². The van der Waals surface area contributed by atoms with E-state index in [2.05, 4.69) is 5.32 Å². The Hall–Kier alpha value is -1.95. The van der Waals surface area contributed by atoms with Crippen LogP contribution in [0.3, 0.4) is 0 Å². The van der Waals surface area contributed by atoms with Gasteiger partial charge in [0, 0.05) is 18.5 Å². The zero-order valence-corrected chi connectivity index (χ0v) is 11.9. The van der Waals surface area contributed by atoms with Gasteiger partial charge in [0.05, 0.1) is 0 Å². The molecular weight excluding hydrogens is 274 g/mol. The third kappa shape index (κ3) is 3.39. The van der Waals surface area contributed by atoms with E-state index in [1.807, 2.05) is 6.92 Å². The Balaban J connectivity index is 1.41. The molecule has 3 unspecified atom stereocenters. The molecule has 0 radical (unpaired) electrons. The van der Waals surface area contributed by atoms with E-state index >= 15 is 0 Å². The van der Waals surface area contributed by atoms with Crippen molar-refractivity contribution >= 4 is 5.91 Å². The quantitative estimate of drug-likeness (QED) is 0.816. The van der Waals surface area contributed by atoms with Gasteiger partial charge in [-0.05, 0) is 24.5 Å². The Morgan fingerprint density at radius 1 is 1.48 bits per heavy atom. The fourth-order valence-corrected chi connectivity index (χ4v) is 2.25. The van der Waals surface area contributed by atoms with E-state index in [1.165, 1.54) is 0 Å². The van der Waals surface area contributed by atoms with E-state index in [0.717, 1.165) is 6.42 Å². The van der Waals surface area contributed by atoms with E-state index in [4.69, 9.17) is 14.2 Å². The molecule has 1 aromatic carbocycles. The Kier molecular flexibility index (Phi) is 3.88. The molecule has 6 nitrogen and oxygen atoms in total. The first-order valence-electron chi connectivity index (χ1n) is 7.11. The summed E-state index contributed by atoms with van der Waals surface area (Å²) in [5.74, 6) is 2.52. The second-order valence-corrected chi connectivity index (χ2v) is 5.54. The zero-order chi connectivity index (χ0) is 14.8. The summed E-state index contributed by atoms with van der Waals surface area (Å²) in [5, 5.41) is 12.6. The van der Waals surface area contributed by atoms with Crippen molar-refractivity contribution in [1.82, 2.24) is 5.32 Å². The van der Waals surface area contributed by atoms with Gasteiger partial charge >= 0.3 is 0 Å². The maximum Gasteiger partial charge on any atom is 0.231 e. The minimum absolute atomic E-state index is 0.0182. The van der Waals surface area contributed by atoms with Crippen molar-refractivity contribution in [1.29, 1.82) is 0 Å². The van der Waals surface area contributed by atoms with Crippen LogP contribution >= 0.6 is 0 Å². The molecule has 1 heterocycles. The van der Waals surface area contributed by atoms with E-state index in [0.29, 0.717) is 23.2 Å². The molecule has 1 aliphatic carbocycles. The first kappa shape index (κ1) is 14.0. The molecule has 0 spiro atoms. The number of carbonyl (C=O) groups excluding carboxylic acids is 1. The third-order valence-corrected chi connectivity index (χ3v) is 3.74. The Bertz CT molecular complexity index is 533. The number of ether oxygens (including phenoxy) is 3. The van der Waals surface area contributed by atoms with Crippen LogP contribution in [-0.2, 0) is 4.79 Å². The normalized spacial score (nSPS) is 23.5. The van der Waals surface area contributed by atoms with Gasteiger partial charge in [-0.25, -0.2) is 0 Å². The van der Waals surface area contributed by atoms with Crippen LogP contribution in [0.2, 0.25) is 0 Å². The molecule has 0 aromatic heterocycles. The van der Waals surface area contributed by atoms with Crippen molar-refractivity contribution in [3.05, 3.63) is 18.2 Å². The lowest BCUT2D eigenvalue weighted by molar-refractivity contribution is -0.123. The molecule has 3 atom stereocenters. The molecule has 1 aromatic rings. The number of aliphatic hydroxyl groups is 1. The minimum Gasteiger partial charge on any atom is -0.491 e. The predicted octanol–water partition coefficient (Wildman–Crippen LogP) is 0.927. The highest BCUT2D eigenvalue weighted by Crippen LogP contribution is 2.37. The molecule has 6 heteroatoms. The Labute approximate surface area is 123 Å². The maximum absolute atomic E-state index is 11.6. The first-order chi connectivity index (χ1) is 10.1. The van der Waals surface area contributed by atoms with Crippen LogP contribution in [0.5, 0.6) is 17.2 Å². The lowest BCUT2D eigenvalue weighted by atomic mass is 10.3. The predicted molar refractivity (Wildman–Crippen MR) is 74.3 cm³/mol. The molecule has 1 aliphatic heterocycles. The summed E-state index contributed by atoms with van der Waals surface area (Å²) in [5.41, 5.74) is 0. The molecule has 3 rings (SSSR count). The van der Waals surface area contributed by atoms with E-state index in [-0.39, 0.29) is 31.8 Å². The average Bonchev–Trinajstić information content (AvgIpc) is 3.03. The number of hydrogen-bond donors (Lipinski definition) is 2. The number of fused-ring (bicyclic) bond motifs is 1. The van der Waals surface area contributed by atoms with Crippen molar-refractivity contribution < 1.29 is 24.1 Å². The van der Waals surface area contributed by atoms with Crippen molar-refractivity contribution in [3.8, 4) is 17.2 Å². The fraction of sp³-hybridized carbons (Fsp3) is 0.533. The van der Waals surface area contributed by atoms with Gasteiger partial charge in [0.2, 0.25) is 12.7 Å². The van der Waals surface area contributed by atoms with Gasteiger partial charge in [-0.15, -0.1) is 0 Å². The van der Waals surface area contributed by atoms with Crippen molar-refractivity contribution in [3.63, 3.8) is 0 Å². The Morgan fingerprint density at radius 2 is 2.24 bits per heavy atom. The lowest BCUT2D eigenvalue weighted by Gasteiger charge is -2.13. The summed E-state index contributed by atoms with van der Waals surface area (Å²) in [6.45, 7) is 2.57.